The van der Waals surface area contributed by atoms with Crippen LogP contribution in [0.2, 0.25) is 0 Å². The van der Waals surface area contributed by atoms with Gasteiger partial charge in [0, 0.05) is 30.7 Å². The van der Waals surface area contributed by atoms with Gasteiger partial charge in [-0.2, -0.15) is 0 Å². The van der Waals surface area contributed by atoms with Crippen molar-refractivity contribution in [2.24, 2.45) is 0 Å². The molecule has 1 aromatic carbocycles. The first kappa shape index (κ1) is 15.9. The molecule has 1 aromatic rings. The van der Waals surface area contributed by atoms with E-state index < -0.39 is 11.6 Å². The van der Waals surface area contributed by atoms with Crippen molar-refractivity contribution in [2.45, 2.75) is 62.9 Å². The molecule has 3 heterocycles. The largest absolute Gasteiger partial charge is 0.325 e. The van der Waals surface area contributed by atoms with Gasteiger partial charge in [0.25, 0.3) is 0 Å². The van der Waals surface area contributed by atoms with Crippen LogP contribution >= 0.6 is 0 Å². The monoisotopic (exact) mass is 334 g/mol. The second-order valence-corrected chi connectivity index (χ2v) is 7.43. The smallest absolute Gasteiger partial charge is 0.320 e. The summed E-state index contributed by atoms with van der Waals surface area (Å²) in [6.45, 7) is 1.69. The fraction of sp³-hybridized carbons (Fsp3) is 0.632. The second-order valence-electron chi connectivity index (χ2n) is 7.43. The molecule has 3 atom stereocenters. The van der Waals surface area contributed by atoms with Crippen molar-refractivity contribution in [1.29, 1.82) is 0 Å². The van der Waals surface area contributed by atoms with E-state index >= 15 is 0 Å². The molecule has 2 amide bonds. The van der Waals surface area contributed by atoms with E-state index in [9.17, 15) is 13.6 Å². The van der Waals surface area contributed by atoms with Crippen LogP contribution in [0.3, 0.4) is 0 Å². The Labute approximate surface area is 141 Å². The van der Waals surface area contributed by atoms with Gasteiger partial charge in [0.05, 0.1) is 0 Å². The van der Waals surface area contributed by atoms with Gasteiger partial charge >= 0.3 is 6.03 Å². The first-order valence-corrected chi connectivity index (χ1v) is 9.16. The Morgan fingerprint density at radius 1 is 0.958 bits per heavy atom. The Morgan fingerprint density at radius 2 is 1.54 bits per heavy atom. The van der Waals surface area contributed by atoms with Crippen molar-refractivity contribution in [2.75, 3.05) is 13.1 Å². The van der Waals surface area contributed by atoms with E-state index in [0.29, 0.717) is 12.8 Å². The molecule has 3 saturated heterocycles. The van der Waals surface area contributed by atoms with Gasteiger partial charge in [-0.05, 0) is 63.0 Å². The van der Waals surface area contributed by atoms with Crippen LogP contribution in [0.25, 0.3) is 0 Å². The molecule has 1 unspecified atom stereocenters. The third-order valence-electron chi connectivity index (χ3n) is 5.99. The number of amides is 2. The summed E-state index contributed by atoms with van der Waals surface area (Å²) in [5, 5.41) is 0. The summed E-state index contributed by atoms with van der Waals surface area (Å²) in [5.74, 6) is -1.01. The number of urea groups is 1. The number of rotatable bonds is 1. The summed E-state index contributed by atoms with van der Waals surface area (Å²) in [6, 6.07) is 4.49. The Balaban J connectivity index is 1.52. The van der Waals surface area contributed by atoms with Crippen molar-refractivity contribution in [3.05, 3.63) is 35.4 Å². The van der Waals surface area contributed by atoms with Crippen molar-refractivity contribution in [1.82, 2.24) is 9.80 Å². The van der Waals surface area contributed by atoms with E-state index in [2.05, 4.69) is 0 Å². The maximum absolute atomic E-state index is 14.1. The van der Waals surface area contributed by atoms with E-state index in [0.717, 1.165) is 38.8 Å². The molecule has 24 heavy (non-hydrogen) atoms. The van der Waals surface area contributed by atoms with Crippen molar-refractivity contribution in [3.8, 4) is 0 Å². The number of hydrogen-bond donors (Lipinski definition) is 0. The number of carbonyl (C=O) groups is 1. The van der Waals surface area contributed by atoms with Crippen LogP contribution in [-0.4, -0.2) is 41.0 Å². The summed E-state index contributed by atoms with van der Waals surface area (Å²) in [5.41, 5.74) is 0.222. The highest BCUT2D eigenvalue weighted by Crippen LogP contribution is 2.44. The summed E-state index contributed by atoms with van der Waals surface area (Å²) in [7, 11) is 0. The second kappa shape index (κ2) is 6.34. The third-order valence-corrected chi connectivity index (χ3v) is 5.99. The minimum atomic E-state index is -0.449. The molecule has 130 valence electrons. The van der Waals surface area contributed by atoms with E-state index in [4.69, 9.17) is 0 Å². The summed E-state index contributed by atoms with van der Waals surface area (Å²) < 4.78 is 28.3. The van der Waals surface area contributed by atoms with Crippen LogP contribution in [-0.2, 0) is 0 Å². The lowest BCUT2D eigenvalue weighted by atomic mass is 9.84. The molecule has 4 rings (SSSR count). The number of halogens is 2. The first-order chi connectivity index (χ1) is 11.6. The molecule has 0 radical (unpaired) electrons. The summed E-state index contributed by atoms with van der Waals surface area (Å²) in [6.07, 6.45) is 6.62. The number of benzene rings is 1. The Kier molecular flexibility index (Phi) is 4.19. The Morgan fingerprint density at radius 3 is 2.12 bits per heavy atom. The molecule has 5 heteroatoms. The van der Waals surface area contributed by atoms with Gasteiger partial charge in [-0.15, -0.1) is 0 Å². The number of carbonyl (C=O) groups excluding carboxylic acids is 1. The molecule has 0 spiro atoms. The number of fused-ring (bicyclic) bond motifs is 2. The Bertz CT molecular complexity index is 596. The van der Waals surface area contributed by atoms with E-state index in [1.54, 1.807) is 0 Å². The van der Waals surface area contributed by atoms with Gasteiger partial charge in [-0.3, -0.25) is 0 Å². The minimum Gasteiger partial charge on any atom is -0.325 e. The van der Waals surface area contributed by atoms with Gasteiger partial charge in [-0.1, -0.05) is 6.07 Å². The van der Waals surface area contributed by atoms with Crippen LogP contribution in [0.15, 0.2) is 18.2 Å². The van der Waals surface area contributed by atoms with Crippen LogP contribution < -0.4 is 0 Å². The maximum atomic E-state index is 14.1. The Hall–Kier alpha value is -1.65. The van der Waals surface area contributed by atoms with Gasteiger partial charge < -0.3 is 9.80 Å². The highest BCUT2D eigenvalue weighted by molar-refractivity contribution is 5.76. The molecule has 0 aliphatic carbocycles. The lowest BCUT2D eigenvalue weighted by Gasteiger charge is -2.42. The van der Waals surface area contributed by atoms with Crippen molar-refractivity contribution >= 4 is 6.03 Å². The molecular weight excluding hydrogens is 310 g/mol. The van der Waals surface area contributed by atoms with E-state index in [1.807, 2.05) is 9.80 Å². The third kappa shape index (κ3) is 2.68. The topological polar surface area (TPSA) is 23.6 Å². The minimum absolute atomic E-state index is 0.117. The molecule has 0 aromatic heterocycles. The zero-order chi connectivity index (χ0) is 16.7. The van der Waals surface area contributed by atoms with Crippen LogP contribution in [0.1, 0.15) is 56.4 Å². The quantitative estimate of drug-likeness (QED) is 0.752. The summed E-state index contributed by atoms with van der Waals surface area (Å²) in [4.78, 5) is 16.9. The highest BCUT2D eigenvalue weighted by Gasteiger charge is 2.45. The van der Waals surface area contributed by atoms with Gasteiger partial charge in [0.15, 0.2) is 0 Å². The van der Waals surface area contributed by atoms with Gasteiger partial charge in [0.1, 0.15) is 11.6 Å². The van der Waals surface area contributed by atoms with Crippen molar-refractivity contribution in [3.63, 3.8) is 0 Å². The number of likely N-dealkylation sites (tertiary alicyclic amines) is 1. The zero-order valence-corrected chi connectivity index (χ0v) is 13.9. The number of hydrogen-bond acceptors (Lipinski definition) is 1. The molecule has 3 nitrogen and oxygen atoms in total. The standard InChI is InChI=1S/C19H24F2N2O/c20-16-5-4-6-17(21)18(16)13-11-14-7-8-15(12-13)23(14)19(24)22-9-2-1-3-10-22/h4-6,13-15H,1-3,7-12H2/t13?,14-,15+. The van der Waals surface area contributed by atoms with Crippen LogP contribution in [0, 0.1) is 11.6 Å². The normalized spacial score (nSPS) is 29.8. The highest BCUT2D eigenvalue weighted by atomic mass is 19.1. The lowest BCUT2D eigenvalue weighted by Crippen LogP contribution is -2.53. The fourth-order valence-electron chi connectivity index (χ4n) is 4.87. The zero-order valence-electron chi connectivity index (χ0n) is 13.9. The molecule has 3 fully saturated rings. The number of nitrogens with zero attached hydrogens (tertiary/aromatic N) is 2. The van der Waals surface area contributed by atoms with Crippen molar-refractivity contribution < 1.29 is 13.6 Å². The summed E-state index contributed by atoms with van der Waals surface area (Å²) >= 11 is 0. The molecule has 3 aliphatic rings. The SMILES string of the molecule is O=C(N1CCCCC1)N1[C@@H]2CC[C@H]1CC(c1c(F)cccc1F)C2. The first-order valence-electron chi connectivity index (χ1n) is 9.16. The molecule has 0 saturated carbocycles. The van der Waals surface area contributed by atoms with Crippen LogP contribution in [0.4, 0.5) is 13.6 Å². The lowest BCUT2D eigenvalue weighted by molar-refractivity contribution is 0.0983. The predicted molar refractivity (Wildman–Crippen MR) is 87.8 cm³/mol. The molecule has 0 N–H and O–H groups in total. The number of piperidine rings is 2. The fourth-order valence-corrected chi connectivity index (χ4v) is 4.87. The molecule has 2 bridgehead atoms. The molecular formula is C19H24F2N2O. The van der Waals surface area contributed by atoms with Gasteiger partial charge in [-0.25, -0.2) is 13.6 Å². The van der Waals surface area contributed by atoms with E-state index in [-0.39, 0.29) is 29.6 Å². The predicted octanol–water partition coefficient (Wildman–Crippen LogP) is 4.28. The molecule has 3 aliphatic heterocycles. The average Bonchev–Trinajstić information content (AvgIpc) is 2.85. The van der Waals surface area contributed by atoms with E-state index in [1.165, 1.54) is 24.6 Å². The maximum Gasteiger partial charge on any atom is 0.320 e. The van der Waals surface area contributed by atoms with Crippen LogP contribution in [0.5, 0.6) is 0 Å². The average molecular weight is 334 g/mol. The van der Waals surface area contributed by atoms with Gasteiger partial charge in [0.2, 0.25) is 0 Å².